The van der Waals surface area contributed by atoms with Gasteiger partial charge in [-0.05, 0) is 26.0 Å². The van der Waals surface area contributed by atoms with Crippen molar-refractivity contribution in [3.8, 4) is 16.5 Å². The lowest BCUT2D eigenvalue weighted by molar-refractivity contribution is -0.120. The Morgan fingerprint density at radius 3 is 2.96 bits per heavy atom. The van der Waals surface area contributed by atoms with Gasteiger partial charge in [-0.1, -0.05) is 0 Å². The van der Waals surface area contributed by atoms with Crippen molar-refractivity contribution >= 4 is 17.2 Å². The molecule has 3 rings (SSSR count). The topological polar surface area (TPSA) is 77.2 Å². The summed E-state index contributed by atoms with van der Waals surface area (Å²) < 4.78 is 10.7. The molecular formula is C18H19N3O3S. The number of furan rings is 1. The lowest BCUT2D eigenvalue weighted by Gasteiger charge is -2.12. The van der Waals surface area contributed by atoms with Crippen LogP contribution < -0.4 is 10.1 Å². The third kappa shape index (κ3) is 3.88. The van der Waals surface area contributed by atoms with Crippen molar-refractivity contribution in [2.75, 3.05) is 7.11 Å². The molecule has 3 heterocycles. The number of methoxy groups -OCH3 is 1. The first-order chi connectivity index (χ1) is 12.1. The Hall–Kier alpha value is -2.67. The Kier molecular flexibility index (Phi) is 5.14. The van der Waals surface area contributed by atoms with Crippen molar-refractivity contribution in [1.29, 1.82) is 0 Å². The number of carbonyl (C=O) groups excluding carboxylic acids is 1. The van der Waals surface area contributed by atoms with E-state index in [0.717, 1.165) is 33.3 Å². The molecule has 7 heteroatoms. The number of pyridine rings is 1. The van der Waals surface area contributed by atoms with Gasteiger partial charge in [-0.2, -0.15) is 0 Å². The highest BCUT2D eigenvalue weighted by atomic mass is 32.1. The molecule has 0 aromatic carbocycles. The number of aryl methyl sites for hydroxylation is 1. The van der Waals surface area contributed by atoms with Crippen LogP contribution in [-0.2, 0) is 17.8 Å². The van der Waals surface area contributed by atoms with E-state index >= 15 is 0 Å². The van der Waals surface area contributed by atoms with Gasteiger partial charge in [0.1, 0.15) is 5.75 Å². The first kappa shape index (κ1) is 17.2. The van der Waals surface area contributed by atoms with E-state index in [4.69, 9.17) is 9.15 Å². The van der Waals surface area contributed by atoms with Crippen molar-refractivity contribution in [3.63, 3.8) is 0 Å². The van der Waals surface area contributed by atoms with Gasteiger partial charge in [-0.25, -0.2) is 4.98 Å². The highest BCUT2D eigenvalue weighted by Gasteiger charge is 2.13. The van der Waals surface area contributed by atoms with E-state index in [2.05, 4.69) is 15.3 Å². The molecule has 0 unspecified atom stereocenters. The minimum atomic E-state index is -0.1000. The van der Waals surface area contributed by atoms with Crippen LogP contribution in [0.5, 0.6) is 5.75 Å². The first-order valence-electron chi connectivity index (χ1n) is 7.82. The Labute approximate surface area is 149 Å². The number of nitrogens with zero attached hydrogens (tertiary/aromatic N) is 2. The molecule has 1 N–H and O–H groups in total. The number of hydrogen-bond acceptors (Lipinski definition) is 6. The summed E-state index contributed by atoms with van der Waals surface area (Å²) in [5.74, 6) is 1.42. The van der Waals surface area contributed by atoms with Gasteiger partial charge < -0.3 is 14.5 Å². The molecule has 0 aliphatic carbocycles. The van der Waals surface area contributed by atoms with E-state index in [1.807, 2.05) is 31.4 Å². The average molecular weight is 357 g/mol. The summed E-state index contributed by atoms with van der Waals surface area (Å²) in [5.41, 5.74) is 3.44. The van der Waals surface area contributed by atoms with Crippen LogP contribution in [0.2, 0.25) is 0 Å². The fourth-order valence-electron chi connectivity index (χ4n) is 2.56. The molecule has 0 aliphatic rings. The third-order valence-corrected chi connectivity index (χ3v) is 4.73. The minimum Gasteiger partial charge on any atom is -0.496 e. The van der Waals surface area contributed by atoms with Gasteiger partial charge in [0.05, 0.1) is 37.7 Å². The molecule has 0 fully saturated rings. The number of hydrogen-bond donors (Lipinski definition) is 1. The quantitative estimate of drug-likeness (QED) is 0.732. The van der Waals surface area contributed by atoms with Gasteiger partial charge >= 0.3 is 0 Å². The molecule has 0 aliphatic heterocycles. The van der Waals surface area contributed by atoms with Gasteiger partial charge in [0.2, 0.25) is 5.91 Å². The van der Waals surface area contributed by atoms with Crippen LogP contribution in [0.1, 0.15) is 22.5 Å². The molecule has 0 saturated carbocycles. The van der Waals surface area contributed by atoms with Crippen LogP contribution in [-0.4, -0.2) is 23.0 Å². The monoisotopic (exact) mass is 357 g/mol. The van der Waals surface area contributed by atoms with E-state index in [9.17, 15) is 4.79 Å². The maximum atomic E-state index is 12.2. The van der Waals surface area contributed by atoms with Crippen molar-refractivity contribution in [1.82, 2.24) is 15.3 Å². The van der Waals surface area contributed by atoms with E-state index in [1.165, 1.54) is 11.3 Å². The molecule has 3 aromatic heterocycles. The van der Waals surface area contributed by atoms with Gasteiger partial charge in [-0.3, -0.25) is 9.78 Å². The highest BCUT2D eigenvalue weighted by Crippen LogP contribution is 2.25. The highest BCUT2D eigenvalue weighted by molar-refractivity contribution is 7.13. The molecule has 3 aromatic rings. The summed E-state index contributed by atoms with van der Waals surface area (Å²) >= 11 is 1.46. The molecule has 0 spiro atoms. The molecule has 25 heavy (non-hydrogen) atoms. The van der Waals surface area contributed by atoms with E-state index in [0.29, 0.717) is 12.3 Å². The van der Waals surface area contributed by atoms with Crippen molar-refractivity contribution in [2.24, 2.45) is 0 Å². The summed E-state index contributed by atoms with van der Waals surface area (Å²) in [5, 5.41) is 5.53. The Bertz CT molecular complexity index is 872. The summed E-state index contributed by atoms with van der Waals surface area (Å²) in [4.78, 5) is 21.0. The average Bonchev–Trinajstić information content (AvgIpc) is 3.26. The number of amides is 1. The van der Waals surface area contributed by atoms with Gasteiger partial charge in [0.25, 0.3) is 0 Å². The van der Waals surface area contributed by atoms with Crippen molar-refractivity contribution < 1.29 is 13.9 Å². The summed E-state index contributed by atoms with van der Waals surface area (Å²) in [6, 6.07) is 3.66. The normalized spacial score (nSPS) is 10.7. The number of carbonyl (C=O) groups is 1. The summed E-state index contributed by atoms with van der Waals surface area (Å²) in [7, 11) is 1.64. The molecular weight excluding hydrogens is 338 g/mol. The first-order valence-corrected chi connectivity index (χ1v) is 8.70. The molecule has 0 radical (unpaired) electrons. The second-order valence-electron chi connectivity index (χ2n) is 5.62. The molecule has 0 bridgehead atoms. The number of rotatable bonds is 6. The van der Waals surface area contributed by atoms with Crippen LogP contribution in [0.3, 0.4) is 0 Å². The van der Waals surface area contributed by atoms with Gasteiger partial charge in [0, 0.05) is 22.7 Å². The Morgan fingerprint density at radius 2 is 2.24 bits per heavy atom. The molecule has 1 amide bonds. The number of aromatic nitrogens is 2. The van der Waals surface area contributed by atoms with Gasteiger partial charge in [-0.15, -0.1) is 11.3 Å². The fraction of sp³-hybridized carbons (Fsp3) is 0.278. The zero-order valence-electron chi connectivity index (χ0n) is 14.3. The Balaban J connectivity index is 1.60. The molecule has 130 valence electrons. The second-order valence-corrected chi connectivity index (χ2v) is 6.48. The van der Waals surface area contributed by atoms with Crippen LogP contribution >= 0.6 is 11.3 Å². The maximum absolute atomic E-state index is 12.2. The minimum absolute atomic E-state index is 0.1000. The fourth-order valence-corrected chi connectivity index (χ4v) is 3.35. The second kappa shape index (κ2) is 7.48. The molecule has 0 atom stereocenters. The van der Waals surface area contributed by atoms with E-state index in [-0.39, 0.29) is 12.3 Å². The maximum Gasteiger partial charge on any atom is 0.226 e. The SMILES string of the molecule is COc1c(C)cnc(CNC(=O)Cc2csc(-c3ccco3)n2)c1C. The predicted molar refractivity (Wildman–Crippen MR) is 95.6 cm³/mol. The molecule has 0 saturated heterocycles. The standard InChI is InChI=1S/C18H19N3O3S/c1-11-8-19-14(12(2)17(11)23-3)9-20-16(22)7-13-10-25-18(21-13)15-5-4-6-24-15/h4-6,8,10H,7,9H2,1-3H3,(H,20,22). The van der Waals surface area contributed by atoms with Crippen molar-refractivity contribution in [2.45, 2.75) is 26.8 Å². The number of nitrogens with one attached hydrogen (secondary N) is 1. The lowest BCUT2D eigenvalue weighted by Crippen LogP contribution is -2.25. The van der Waals surface area contributed by atoms with Gasteiger partial charge in [0.15, 0.2) is 10.8 Å². The smallest absolute Gasteiger partial charge is 0.226 e. The number of ether oxygens (including phenoxy) is 1. The van der Waals surface area contributed by atoms with Crippen LogP contribution in [0.15, 0.2) is 34.4 Å². The van der Waals surface area contributed by atoms with Crippen molar-refractivity contribution in [3.05, 3.63) is 52.5 Å². The summed E-state index contributed by atoms with van der Waals surface area (Å²) in [6.07, 6.45) is 3.58. The number of thiazole rings is 1. The van der Waals surface area contributed by atoms with E-state index < -0.39 is 0 Å². The zero-order chi connectivity index (χ0) is 17.8. The lowest BCUT2D eigenvalue weighted by atomic mass is 10.1. The largest absolute Gasteiger partial charge is 0.496 e. The third-order valence-electron chi connectivity index (χ3n) is 3.83. The van der Waals surface area contributed by atoms with Crippen LogP contribution in [0.25, 0.3) is 10.8 Å². The van der Waals surface area contributed by atoms with E-state index in [1.54, 1.807) is 19.6 Å². The molecule has 6 nitrogen and oxygen atoms in total. The predicted octanol–water partition coefficient (Wildman–Crippen LogP) is 3.28. The summed E-state index contributed by atoms with van der Waals surface area (Å²) in [6.45, 7) is 4.24. The zero-order valence-corrected chi connectivity index (χ0v) is 15.1. The van der Waals surface area contributed by atoms with Crippen LogP contribution in [0, 0.1) is 13.8 Å². The Morgan fingerprint density at radius 1 is 1.40 bits per heavy atom. The van der Waals surface area contributed by atoms with Crippen LogP contribution in [0.4, 0.5) is 0 Å².